The Morgan fingerprint density at radius 2 is 1.94 bits per heavy atom. The molecule has 0 amide bonds. The molecule has 2 aromatic carbocycles. The second-order valence-electron chi connectivity index (χ2n) is 9.02. The highest BCUT2D eigenvalue weighted by Crippen LogP contribution is 2.21. The fraction of sp³-hybridized carbons (Fsp3) is 0.407. The maximum Gasteiger partial charge on any atom is 0.253 e. The predicted octanol–water partition coefficient (Wildman–Crippen LogP) is 4.84. The van der Waals surface area contributed by atoms with Crippen molar-refractivity contribution in [2.24, 2.45) is 0 Å². The zero-order chi connectivity index (χ0) is 24.1. The van der Waals surface area contributed by atoms with Crippen LogP contribution in [0.5, 0.6) is 5.75 Å². The van der Waals surface area contributed by atoms with E-state index >= 15 is 0 Å². The standard InChI is InChI=1S/C27H34N4O2S/c1-4-33-23-8-10-25-21(17-23)16-22(26(32)28-25)18-31(14-13-30-11-5-6-12-30)27(34)29-24-9-7-19(2)15-20(24)3/h7-10,15-17H,4-6,11-14,18H2,1-3H3,(H,28,32)(H,29,34). The molecule has 0 aliphatic carbocycles. The lowest BCUT2D eigenvalue weighted by Gasteiger charge is -2.28. The van der Waals surface area contributed by atoms with Crippen LogP contribution < -0.4 is 15.6 Å². The monoisotopic (exact) mass is 478 g/mol. The number of aryl methyl sites for hydroxylation is 2. The van der Waals surface area contributed by atoms with Crippen LogP contribution in [0.3, 0.4) is 0 Å². The van der Waals surface area contributed by atoms with Crippen molar-refractivity contribution in [3.63, 3.8) is 0 Å². The number of thiocarbonyl (C=S) groups is 1. The SMILES string of the molecule is CCOc1ccc2[nH]c(=O)c(CN(CCN3CCCC3)C(=S)Nc3ccc(C)cc3C)cc2c1. The van der Waals surface area contributed by atoms with E-state index in [2.05, 4.69) is 52.1 Å². The lowest BCUT2D eigenvalue weighted by atomic mass is 10.1. The summed E-state index contributed by atoms with van der Waals surface area (Å²) in [6, 6.07) is 14.0. The number of hydrogen-bond donors (Lipinski definition) is 2. The lowest BCUT2D eigenvalue weighted by molar-refractivity contribution is 0.289. The van der Waals surface area contributed by atoms with Crippen molar-refractivity contribution in [2.75, 3.05) is 38.1 Å². The normalized spacial score (nSPS) is 13.9. The zero-order valence-corrected chi connectivity index (χ0v) is 21.1. The molecule has 1 aliphatic rings. The summed E-state index contributed by atoms with van der Waals surface area (Å²) in [5.74, 6) is 0.797. The van der Waals surface area contributed by atoms with Gasteiger partial charge in [0.15, 0.2) is 5.11 Å². The van der Waals surface area contributed by atoms with Crippen LogP contribution in [0.15, 0.2) is 47.3 Å². The molecule has 2 N–H and O–H groups in total. The largest absolute Gasteiger partial charge is 0.494 e. The molecule has 0 atom stereocenters. The Hall–Kier alpha value is -2.90. The summed E-state index contributed by atoms with van der Waals surface area (Å²) in [4.78, 5) is 20.5. The number of fused-ring (bicyclic) bond motifs is 1. The summed E-state index contributed by atoms with van der Waals surface area (Å²) >= 11 is 5.85. The van der Waals surface area contributed by atoms with E-state index in [0.717, 1.165) is 54.1 Å². The Morgan fingerprint density at radius 3 is 2.68 bits per heavy atom. The third-order valence-corrected chi connectivity index (χ3v) is 6.72. The van der Waals surface area contributed by atoms with Crippen LogP contribution in [0.4, 0.5) is 5.69 Å². The molecule has 1 aliphatic heterocycles. The minimum absolute atomic E-state index is 0.0860. The molecule has 180 valence electrons. The number of ether oxygens (including phenoxy) is 1. The van der Waals surface area contributed by atoms with Gasteiger partial charge in [0.1, 0.15) is 5.75 Å². The Morgan fingerprint density at radius 1 is 1.15 bits per heavy atom. The van der Waals surface area contributed by atoms with Crippen LogP contribution in [-0.4, -0.2) is 52.7 Å². The number of rotatable bonds is 8. The van der Waals surface area contributed by atoms with Crippen molar-refractivity contribution < 1.29 is 4.74 Å². The van der Waals surface area contributed by atoms with E-state index in [4.69, 9.17) is 17.0 Å². The van der Waals surface area contributed by atoms with Crippen LogP contribution in [0.25, 0.3) is 10.9 Å². The van der Waals surface area contributed by atoms with Crippen molar-refractivity contribution in [1.29, 1.82) is 0 Å². The summed E-state index contributed by atoms with van der Waals surface area (Å²) in [7, 11) is 0. The molecule has 1 fully saturated rings. The molecular weight excluding hydrogens is 444 g/mol. The summed E-state index contributed by atoms with van der Waals surface area (Å²) < 4.78 is 5.65. The highest BCUT2D eigenvalue weighted by atomic mass is 32.1. The van der Waals surface area contributed by atoms with Gasteiger partial charge in [-0.1, -0.05) is 17.7 Å². The number of likely N-dealkylation sites (tertiary alicyclic amines) is 1. The molecule has 1 saturated heterocycles. The summed E-state index contributed by atoms with van der Waals surface area (Å²) in [6.07, 6.45) is 2.50. The number of nitrogens with one attached hydrogen (secondary N) is 2. The number of nitrogens with zero attached hydrogens (tertiary/aromatic N) is 2. The minimum atomic E-state index is -0.0860. The highest BCUT2D eigenvalue weighted by Gasteiger charge is 2.18. The molecule has 0 bridgehead atoms. The predicted molar refractivity (Wildman–Crippen MR) is 144 cm³/mol. The Balaban J connectivity index is 1.58. The van der Waals surface area contributed by atoms with Crippen molar-refractivity contribution in [1.82, 2.24) is 14.8 Å². The molecule has 3 aromatic rings. The first-order valence-corrected chi connectivity index (χ1v) is 12.5. The van der Waals surface area contributed by atoms with Crippen LogP contribution in [0.2, 0.25) is 0 Å². The number of pyridine rings is 1. The van der Waals surface area contributed by atoms with E-state index in [9.17, 15) is 4.79 Å². The van der Waals surface area contributed by atoms with Gasteiger partial charge in [0.05, 0.1) is 13.2 Å². The van der Waals surface area contributed by atoms with Crippen LogP contribution >= 0.6 is 12.2 Å². The Bertz CT molecular complexity index is 1220. The lowest BCUT2D eigenvalue weighted by Crippen LogP contribution is -2.40. The summed E-state index contributed by atoms with van der Waals surface area (Å²) in [5, 5.41) is 5.01. The van der Waals surface area contributed by atoms with Crippen molar-refractivity contribution in [3.05, 3.63) is 69.5 Å². The van der Waals surface area contributed by atoms with Gasteiger partial charge in [0, 0.05) is 35.2 Å². The summed E-state index contributed by atoms with van der Waals surface area (Å²) in [6.45, 7) is 11.1. The van der Waals surface area contributed by atoms with Gasteiger partial charge in [-0.15, -0.1) is 0 Å². The molecule has 0 saturated carbocycles. The molecule has 6 nitrogen and oxygen atoms in total. The average Bonchev–Trinajstić information content (AvgIpc) is 3.33. The van der Waals surface area contributed by atoms with E-state index in [1.807, 2.05) is 31.2 Å². The molecule has 2 heterocycles. The van der Waals surface area contributed by atoms with Gasteiger partial charge in [-0.3, -0.25) is 4.79 Å². The third-order valence-electron chi connectivity index (χ3n) is 6.36. The quantitative estimate of drug-likeness (QED) is 0.452. The number of benzene rings is 2. The van der Waals surface area contributed by atoms with Crippen molar-refractivity contribution in [2.45, 2.75) is 40.2 Å². The molecule has 7 heteroatoms. The number of anilines is 1. The third kappa shape index (κ3) is 5.96. The minimum Gasteiger partial charge on any atom is -0.494 e. The molecule has 0 radical (unpaired) electrons. The topological polar surface area (TPSA) is 60.6 Å². The fourth-order valence-electron chi connectivity index (χ4n) is 4.48. The van der Waals surface area contributed by atoms with Gasteiger partial charge in [-0.25, -0.2) is 0 Å². The maximum atomic E-state index is 12.9. The van der Waals surface area contributed by atoms with Gasteiger partial charge in [-0.2, -0.15) is 0 Å². The molecule has 1 aromatic heterocycles. The Kier molecular flexibility index (Phi) is 7.85. The first kappa shape index (κ1) is 24.2. The van der Waals surface area contributed by atoms with Crippen molar-refractivity contribution >= 4 is 33.9 Å². The highest BCUT2D eigenvalue weighted by molar-refractivity contribution is 7.80. The number of aromatic nitrogens is 1. The van der Waals surface area contributed by atoms with Crippen LogP contribution in [-0.2, 0) is 6.54 Å². The van der Waals surface area contributed by atoms with Gasteiger partial charge >= 0.3 is 0 Å². The zero-order valence-electron chi connectivity index (χ0n) is 20.3. The maximum absolute atomic E-state index is 12.9. The molecule has 0 spiro atoms. The molecule has 0 unspecified atom stereocenters. The van der Waals surface area contributed by atoms with E-state index in [-0.39, 0.29) is 5.56 Å². The fourth-order valence-corrected chi connectivity index (χ4v) is 4.74. The number of H-pyrrole nitrogens is 1. The smallest absolute Gasteiger partial charge is 0.253 e. The van der Waals surface area contributed by atoms with E-state index in [1.54, 1.807) is 0 Å². The summed E-state index contributed by atoms with van der Waals surface area (Å²) in [5.41, 5.74) is 4.76. The van der Waals surface area contributed by atoms with E-state index in [0.29, 0.717) is 23.8 Å². The van der Waals surface area contributed by atoms with Gasteiger partial charge < -0.3 is 24.8 Å². The second-order valence-corrected chi connectivity index (χ2v) is 9.41. The first-order valence-electron chi connectivity index (χ1n) is 12.1. The average molecular weight is 479 g/mol. The van der Waals surface area contributed by atoms with E-state index < -0.39 is 0 Å². The Labute approximate surface area is 206 Å². The van der Waals surface area contributed by atoms with E-state index in [1.165, 1.54) is 18.4 Å². The molecular formula is C27H34N4O2S. The van der Waals surface area contributed by atoms with Gasteiger partial charge in [-0.05, 0) is 94.8 Å². The molecule has 4 rings (SSSR count). The molecule has 34 heavy (non-hydrogen) atoms. The van der Waals surface area contributed by atoms with Crippen LogP contribution in [0, 0.1) is 13.8 Å². The van der Waals surface area contributed by atoms with Crippen LogP contribution in [0.1, 0.15) is 36.5 Å². The first-order chi connectivity index (χ1) is 16.4. The van der Waals surface area contributed by atoms with Crippen molar-refractivity contribution in [3.8, 4) is 5.75 Å². The number of hydrogen-bond acceptors (Lipinski definition) is 4. The second kappa shape index (κ2) is 11.0. The van der Waals surface area contributed by atoms with Gasteiger partial charge in [0.25, 0.3) is 5.56 Å². The van der Waals surface area contributed by atoms with Gasteiger partial charge in [0.2, 0.25) is 0 Å². The number of aromatic amines is 1.